The SMILES string of the molecule is O=C(NCCCc1ccco1)C1CCN(S(=O)(=O)Cc2c(Cl)cccc2Cl)CC1. The zero-order chi connectivity index (χ0) is 20.9. The predicted octanol–water partition coefficient (Wildman–Crippen LogP) is 3.88. The second-order valence-electron chi connectivity index (χ2n) is 7.10. The minimum atomic E-state index is -3.55. The van der Waals surface area contributed by atoms with Crippen molar-refractivity contribution in [2.24, 2.45) is 5.92 Å². The Morgan fingerprint density at radius 1 is 1.14 bits per heavy atom. The molecule has 1 saturated heterocycles. The van der Waals surface area contributed by atoms with Crippen molar-refractivity contribution >= 4 is 39.1 Å². The molecule has 2 aromatic rings. The molecule has 2 heterocycles. The van der Waals surface area contributed by atoms with E-state index in [1.807, 2.05) is 12.1 Å². The van der Waals surface area contributed by atoms with Gasteiger partial charge in [0.25, 0.3) is 0 Å². The maximum atomic E-state index is 12.8. The van der Waals surface area contributed by atoms with Crippen LogP contribution in [0.3, 0.4) is 0 Å². The Hall–Kier alpha value is -1.54. The van der Waals surface area contributed by atoms with E-state index >= 15 is 0 Å². The van der Waals surface area contributed by atoms with Crippen molar-refractivity contribution in [3.8, 4) is 0 Å². The third-order valence-corrected chi connectivity index (χ3v) is 7.60. The van der Waals surface area contributed by atoms with E-state index in [1.54, 1.807) is 24.5 Å². The number of hydrogen-bond donors (Lipinski definition) is 1. The zero-order valence-corrected chi connectivity index (χ0v) is 18.3. The molecule has 0 aliphatic carbocycles. The summed E-state index contributed by atoms with van der Waals surface area (Å²) in [5, 5.41) is 3.62. The number of sulfonamides is 1. The Bertz CT molecular complexity index is 904. The van der Waals surface area contributed by atoms with Crippen LogP contribution in [-0.4, -0.2) is 38.3 Å². The minimum Gasteiger partial charge on any atom is -0.469 e. The number of halogens is 2. The van der Waals surface area contributed by atoms with Crippen LogP contribution < -0.4 is 5.32 Å². The number of benzene rings is 1. The third-order valence-electron chi connectivity index (χ3n) is 5.09. The van der Waals surface area contributed by atoms with Crippen LogP contribution in [0.4, 0.5) is 0 Å². The van der Waals surface area contributed by atoms with Crippen LogP contribution in [0.25, 0.3) is 0 Å². The van der Waals surface area contributed by atoms with Crippen LogP contribution in [0.1, 0.15) is 30.6 Å². The summed E-state index contributed by atoms with van der Waals surface area (Å²) in [4.78, 5) is 12.4. The first-order valence-corrected chi connectivity index (χ1v) is 11.9. The lowest BCUT2D eigenvalue weighted by atomic mass is 9.97. The molecular weight excluding hydrogens is 435 g/mol. The number of amides is 1. The quantitative estimate of drug-likeness (QED) is 0.608. The van der Waals surface area contributed by atoms with E-state index < -0.39 is 10.0 Å². The largest absolute Gasteiger partial charge is 0.469 e. The summed E-state index contributed by atoms with van der Waals surface area (Å²) >= 11 is 12.2. The van der Waals surface area contributed by atoms with Gasteiger partial charge in [-0.05, 0) is 43.5 Å². The lowest BCUT2D eigenvalue weighted by Crippen LogP contribution is -2.43. The number of aryl methyl sites for hydroxylation is 1. The average molecular weight is 459 g/mol. The summed E-state index contributed by atoms with van der Waals surface area (Å²) in [6.07, 6.45) is 4.20. The zero-order valence-electron chi connectivity index (χ0n) is 15.9. The fraction of sp³-hybridized carbons (Fsp3) is 0.450. The molecule has 1 aliphatic rings. The van der Waals surface area contributed by atoms with E-state index in [0.717, 1.165) is 18.6 Å². The van der Waals surface area contributed by atoms with Crippen LogP contribution >= 0.6 is 23.2 Å². The van der Waals surface area contributed by atoms with Gasteiger partial charge in [-0.1, -0.05) is 29.3 Å². The number of furan rings is 1. The van der Waals surface area contributed by atoms with Gasteiger partial charge in [0.05, 0.1) is 12.0 Å². The molecule has 1 aromatic carbocycles. The maximum Gasteiger partial charge on any atom is 0.223 e. The fourth-order valence-corrected chi connectivity index (χ4v) is 5.73. The van der Waals surface area contributed by atoms with Crippen LogP contribution in [0.15, 0.2) is 41.0 Å². The first-order valence-electron chi connectivity index (χ1n) is 9.57. The topological polar surface area (TPSA) is 79.6 Å². The number of carbonyl (C=O) groups excluding carboxylic acids is 1. The van der Waals surface area contributed by atoms with Crippen molar-refractivity contribution in [3.05, 3.63) is 58.0 Å². The number of carbonyl (C=O) groups is 1. The van der Waals surface area contributed by atoms with Crippen molar-refractivity contribution in [3.63, 3.8) is 0 Å². The highest BCUT2D eigenvalue weighted by Gasteiger charge is 2.31. The summed E-state index contributed by atoms with van der Waals surface area (Å²) in [5.74, 6) is 0.468. The van der Waals surface area contributed by atoms with Crippen LogP contribution in [0.5, 0.6) is 0 Å². The molecule has 1 aliphatic heterocycles. The molecule has 0 atom stereocenters. The molecule has 0 spiro atoms. The summed E-state index contributed by atoms with van der Waals surface area (Å²) in [6.45, 7) is 1.20. The maximum absolute atomic E-state index is 12.8. The average Bonchev–Trinajstić information content (AvgIpc) is 3.22. The lowest BCUT2D eigenvalue weighted by molar-refractivity contribution is -0.126. The molecule has 158 valence electrons. The van der Waals surface area contributed by atoms with E-state index in [-0.39, 0.29) is 17.6 Å². The molecule has 1 N–H and O–H groups in total. The first kappa shape index (κ1) is 22.2. The smallest absolute Gasteiger partial charge is 0.223 e. The lowest BCUT2D eigenvalue weighted by Gasteiger charge is -2.30. The monoisotopic (exact) mass is 458 g/mol. The van der Waals surface area contributed by atoms with E-state index in [0.29, 0.717) is 48.1 Å². The normalized spacial score (nSPS) is 16.1. The molecule has 3 rings (SSSR count). The van der Waals surface area contributed by atoms with Crippen LogP contribution in [-0.2, 0) is 27.0 Å². The number of piperidine rings is 1. The minimum absolute atomic E-state index is 0.0179. The molecule has 0 saturated carbocycles. The molecule has 1 fully saturated rings. The highest BCUT2D eigenvalue weighted by Crippen LogP contribution is 2.28. The van der Waals surface area contributed by atoms with E-state index in [2.05, 4.69) is 5.32 Å². The van der Waals surface area contributed by atoms with Crippen LogP contribution in [0.2, 0.25) is 10.0 Å². The number of nitrogens with one attached hydrogen (secondary N) is 1. The molecular formula is C20H24Cl2N2O4S. The van der Waals surface area contributed by atoms with Gasteiger partial charge in [0.2, 0.25) is 15.9 Å². The molecule has 0 bridgehead atoms. The van der Waals surface area contributed by atoms with Gasteiger partial charge in [0.1, 0.15) is 5.76 Å². The van der Waals surface area contributed by atoms with Crippen molar-refractivity contribution in [1.29, 1.82) is 0 Å². The molecule has 9 heteroatoms. The van der Waals surface area contributed by atoms with Gasteiger partial charge in [-0.25, -0.2) is 12.7 Å². The van der Waals surface area contributed by atoms with Gasteiger partial charge in [0.15, 0.2) is 0 Å². The second kappa shape index (κ2) is 9.98. The number of nitrogens with zero attached hydrogens (tertiary/aromatic N) is 1. The second-order valence-corrected chi connectivity index (χ2v) is 9.89. The number of rotatable bonds is 8. The molecule has 0 unspecified atom stereocenters. The summed E-state index contributed by atoms with van der Waals surface area (Å²) < 4.78 is 32.2. The van der Waals surface area contributed by atoms with E-state index in [4.69, 9.17) is 27.6 Å². The van der Waals surface area contributed by atoms with Gasteiger partial charge in [-0.15, -0.1) is 0 Å². The Morgan fingerprint density at radius 2 is 1.83 bits per heavy atom. The van der Waals surface area contributed by atoms with Gasteiger partial charge in [-0.2, -0.15) is 0 Å². The number of hydrogen-bond acceptors (Lipinski definition) is 4. The molecule has 1 amide bonds. The Kier molecular flexibility index (Phi) is 7.62. The standard InChI is InChI=1S/C20H24Cl2N2O4S/c21-18-6-1-7-19(22)17(18)14-29(26,27)24-11-8-15(9-12-24)20(25)23-10-2-4-16-5-3-13-28-16/h1,3,5-7,13,15H,2,4,8-12,14H2,(H,23,25). The van der Waals surface area contributed by atoms with Crippen molar-refractivity contribution in [2.75, 3.05) is 19.6 Å². The van der Waals surface area contributed by atoms with Gasteiger partial charge in [0, 0.05) is 47.6 Å². The fourth-order valence-electron chi connectivity index (χ4n) is 3.41. The first-order chi connectivity index (χ1) is 13.9. The molecule has 29 heavy (non-hydrogen) atoms. The predicted molar refractivity (Wildman–Crippen MR) is 113 cm³/mol. The molecule has 6 nitrogen and oxygen atoms in total. The third kappa shape index (κ3) is 5.98. The van der Waals surface area contributed by atoms with Gasteiger partial charge < -0.3 is 9.73 Å². The van der Waals surface area contributed by atoms with Crippen molar-refractivity contribution in [2.45, 2.75) is 31.4 Å². The summed E-state index contributed by atoms with van der Waals surface area (Å²) in [5.41, 5.74) is 0.409. The summed E-state index contributed by atoms with van der Waals surface area (Å²) in [6, 6.07) is 8.68. The summed E-state index contributed by atoms with van der Waals surface area (Å²) in [7, 11) is -3.55. The highest BCUT2D eigenvalue weighted by molar-refractivity contribution is 7.88. The molecule has 1 aromatic heterocycles. The van der Waals surface area contributed by atoms with Crippen molar-refractivity contribution in [1.82, 2.24) is 9.62 Å². The van der Waals surface area contributed by atoms with Crippen molar-refractivity contribution < 1.29 is 17.6 Å². The molecule has 0 radical (unpaired) electrons. The van der Waals surface area contributed by atoms with Crippen LogP contribution in [0, 0.1) is 5.92 Å². The highest BCUT2D eigenvalue weighted by atomic mass is 35.5. The Morgan fingerprint density at radius 3 is 2.45 bits per heavy atom. The van der Waals surface area contributed by atoms with Gasteiger partial charge in [-0.3, -0.25) is 4.79 Å². The van der Waals surface area contributed by atoms with Gasteiger partial charge >= 0.3 is 0 Å². The Labute approximate surface area is 181 Å². The van der Waals surface area contributed by atoms with E-state index in [9.17, 15) is 13.2 Å². The Balaban J connectivity index is 1.46. The van der Waals surface area contributed by atoms with E-state index in [1.165, 1.54) is 4.31 Å².